The van der Waals surface area contributed by atoms with Gasteiger partial charge in [0, 0.05) is 63.5 Å². The van der Waals surface area contributed by atoms with Crippen molar-refractivity contribution in [1.82, 2.24) is 19.7 Å². The number of likely N-dealkylation sites (tertiary alicyclic amines) is 2. The van der Waals surface area contributed by atoms with Crippen molar-refractivity contribution in [3.05, 3.63) is 29.6 Å². The highest BCUT2D eigenvalue weighted by Crippen LogP contribution is 2.29. The summed E-state index contributed by atoms with van der Waals surface area (Å²) in [6.45, 7) is 7.14. The molecule has 3 aliphatic rings. The van der Waals surface area contributed by atoms with Gasteiger partial charge in [0.1, 0.15) is 0 Å². The lowest BCUT2D eigenvalue weighted by Gasteiger charge is -2.33. The van der Waals surface area contributed by atoms with Crippen LogP contribution >= 0.6 is 0 Å². The molecule has 0 N–H and O–H groups in total. The summed E-state index contributed by atoms with van der Waals surface area (Å²) in [7, 11) is 0. The van der Waals surface area contributed by atoms with Gasteiger partial charge in [-0.2, -0.15) is 0 Å². The van der Waals surface area contributed by atoms with Gasteiger partial charge >= 0.3 is 0 Å². The zero-order valence-corrected chi connectivity index (χ0v) is 18.3. The molecule has 3 aliphatic heterocycles. The summed E-state index contributed by atoms with van der Waals surface area (Å²) in [5.74, 6) is 0.319. The molecule has 0 spiro atoms. The van der Waals surface area contributed by atoms with Crippen LogP contribution in [0.2, 0.25) is 0 Å². The summed E-state index contributed by atoms with van der Waals surface area (Å²) in [6, 6.07) is 3.82. The normalized spacial score (nSPS) is 22.8. The molecule has 8 nitrogen and oxygen atoms in total. The molecule has 3 amide bonds. The van der Waals surface area contributed by atoms with Crippen molar-refractivity contribution in [2.45, 2.75) is 38.5 Å². The molecule has 4 rings (SSSR count). The maximum atomic E-state index is 12.9. The third-order valence-electron chi connectivity index (χ3n) is 6.61. The van der Waals surface area contributed by atoms with Crippen molar-refractivity contribution in [3.8, 4) is 0 Å². The number of pyridine rings is 1. The van der Waals surface area contributed by atoms with E-state index in [-0.39, 0.29) is 23.6 Å². The van der Waals surface area contributed by atoms with E-state index in [9.17, 15) is 14.4 Å². The van der Waals surface area contributed by atoms with E-state index in [1.165, 1.54) is 0 Å². The van der Waals surface area contributed by atoms with Crippen LogP contribution in [-0.2, 0) is 14.3 Å². The highest BCUT2D eigenvalue weighted by atomic mass is 16.5. The Kier molecular flexibility index (Phi) is 6.85. The predicted molar refractivity (Wildman–Crippen MR) is 114 cm³/mol. The van der Waals surface area contributed by atoms with Crippen LogP contribution in [0.5, 0.6) is 0 Å². The second kappa shape index (κ2) is 9.77. The topological polar surface area (TPSA) is 83.1 Å². The largest absolute Gasteiger partial charge is 0.378 e. The summed E-state index contributed by atoms with van der Waals surface area (Å²) in [4.78, 5) is 47.7. The van der Waals surface area contributed by atoms with Crippen LogP contribution in [0.4, 0.5) is 0 Å². The third kappa shape index (κ3) is 4.89. The molecule has 1 atom stereocenters. The van der Waals surface area contributed by atoms with Crippen molar-refractivity contribution in [2.24, 2.45) is 5.92 Å². The minimum absolute atomic E-state index is 0.00555. The Labute approximate surface area is 183 Å². The number of rotatable bonds is 5. The van der Waals surface area contributed by atoms with Gasteiger partial charge in [0.15, 0.2) is 0 Å². The van der Waals surface area contributed by atoms with Gasteiger partial charge in [0.05, 0.1) is 24.7 Å². The number of amides is 3. The van der Waals surface area contributed by atoms with E-state index in [0.717, 1.165) is 31.5 Å². The molecule has 168 valence electrons. The molecule has 0 aromatic carbocycles. The van der Waals surface area contributed by atoms with Gasteiger partial charge in [0.2, 0.25) is 11.8 Å². The molecular formula is C23H32N4O4. The smallest absolute Gasteiger partial charge is 0.255 e. The van der Waals surface area contributed by atoms with E-state index in [4.69, 9.17) is 4.74 Å². The van der Waals surface area contributed by atoms with Gasteiger partial charge in [-0.25, -0.2) is 0 Å². The first-order valence-corrected chi connectivity index (χ1v) is 11.5. The lowest BCUT2D eigenvalue weighted by Crippen LogP contribution is -2.42. The monoisotopic (exact) mass is 428 g/mol. The second-order valence-corrected chi connectivity index (χ2v) is 8.72. The molecule has 1 aromatic heterocycles. The highest BCUT2D eigenvalue weighted by Gasteiger charge is 2.37. The van der Waals surface area contributed by atoms with E-state index < -0.39 is 0 Å². The number of morpholine rings is 1. The average Bonchev–Trinajstić information content (AvgIpc) is 3.19. The first kappa shape index (κ1) is 21.7. The van der Waals surface area contributed by atoms with Crippen LogP contribution in [0.1, 0.15) is 54.6 Å². The zero-order valence-electron chi connectivity index (χ0n) is 18.3. The quantitative estimate of drug-likeness (QED) is 0.710. The minimum atomic E-state index is -0.195. The Morgan fingerprint density at radius 2 is 1.84 bits per heavy atom. The van der Waals surface area contributed by atoms with Crippen molar-refractivity contribution in [2.75, 3.05) is 52.5 Å². The molecule has 3 saturated heterocycles. The molecule has 0 bridgehead atoms. The van der Waals surface area contributed by atoms with E-state index in [2.05, 4.69) is 4.98 Å². The Hall–Kier alpha value is -2.48. The maximum Gasteiger partial charge on any atom is 0.255 e. The van der Waals surface area contributed by atoms with Crippen molar-refractivity contribution in [3.63, 3.8) is 0 Å². The van der Waals surface area contributed by atoms with Gasteiger partial charge in [-0.15, -0.1) is 0 Å². The molecule has 1 aromatic rings. The summed E-state index contributed by atoms with van der Waals surface area (Å²) < 4.78 is 5.31. The lowest BCUT2D eigenvalue weighted by molar-refractivity contribution is -0.136. The van der Waals surface area contributed by atoms with E-state index >= 15 is 0 Å². The fraction of sp³-hybridized carbons (Fsp3) is 0.652. The Morgan fingerprint density at radius 3 is 2.48 bits per heavy atom. The fourth-order valence-corrected chi connectivity index (χ4v) is 4.80. The number of aromatic nitrogens is 1. The van der Waals surface area contributed by atoms with E-state index in [1.807, 2.05) is 28.9 Å². The molecule has 31 heavy (non-hydrogen) atoms. The SMILES string of the molecule is CCCN1C[C@@H](C(=O)N2CCC(c3ccc(C(=O)N4CCOCC4)cn3)CC2)CC1=O. The number of carbonyl (C=O) groups excluding carboxylic acids is 3. The van der Waals surface area contributed by atoms with Crippen LogP contribution in [-0.4, -0.2) is 89.9 Å². The summed E-state index contributed by atoms with van der Waals surface area (Å²) in [5, 5.41) is 0. The van der Waals surface area contributed by atoms with Crippen molar-refractivity contribution in [1.29, 1.82) is 0 Å². The second-order valence-electron chi connectivity index (χ2n) is 8.72. The number of ether oxygens (including phenoxy) is 1. The van der Waals surface area contributed by atoms with Crippen LogP contribution in [0.3, 0.4) is 0 Å². The standard InChI is InChI=1S/C23H32N4O4/c1-2-7-27-16-19(14-21(27)28)23(30)25-8-5-17(6-9-25)20-4-3-18(15-24-20)22(29)26-10-12-31-13-11-26/h3-4,15,17,19H,2,5-14,16H2,1H3/t19-/m0/s1. The van der Waals surface area contributed by atoms with Crippen molar-refractivity contribution >= 4 is 17.7 Å². The van der Waals surface area contributed by atoms with E-state index in [0.29, 0.717) is 63.8 Å². The lowest BCUT2D eigenvalue weighted by atomic mass is 9.92. The van der Waals surface area contributed by atoms with Crippen LogP contribution < -0.4 is 0 Å². The molecule has 0 aliphatic carbocycles. The predicted octanol–water partition coefficient (Wildman–Crippen LogP) is 1.52. The van der Waals surface area contributed by atoms with Crippen molar-refractivity contribution < 1.29 is 19.1 Å². The summed E-state index contributed by atoms with van der Waals surface area (Å²) >= 11 is 0. The number of piperidine rings is 1. The maximum absolute atomic E-state index is 12.9. The Morgan fingerprint density at radius 1 is 1.10 bits per heavy atom. The molecular weight excluding hydrogens is 396 g/mol. The molecule has 0 saturated carbocycles. The summed E-state index contributed by atoms with van der Waals surface area (Å²) in [5.41, 5.74) is 1.59. The molecule has 4 heterocycles. The molecule has 3 fully saturated rings. The van der Waals surface area contributed by atoms with E-state index in [1.54, 1.807) is 11.1 Å². The number of hydrogen-bond acceptors (Lipinski definition) is 5. The van der Waals surface area contributed by atoms with Crippen LogP contribution in [0, 0.1) is 5.92 Å². The van der Waals surface area contributed by atoms with Gasteiger partial charge in [0.25, 0.3) is 5.91 Å². The van der Waals surface area contributed by atoms with Crippen LogP contribution in [0.15, 0.2) is 18.3 Å². The Balaban J connectivity index is 1.29. The summed E-state index contributed by atoms with van der Waals surface area (Å²) in [6.07, 6.45) is 4.65. The molecule has 0 radical (unpaired) electrons. The van der Waals surface area contributed by atoms with Crippen LogP contribution in [0.25, 0.3) is 0 Å². The average molecular weight is 429 g/mol. The fourth-order valence-electron chi connectivity index (χ4n) is 4.80. The highest BCUT2D eigenvalue weighted by molar-refractivity contribution is 5.94. The van der Waals surface area contributed by atoms with Gasteiger partial charge in [-0.3, -0.25) is 19.4 Å². The number of nitrogens with zero attached hydrogens (tertiary/aromatic N) is 4. The zero-order chi connectivity index (χ0) is 21.8. The third-order valence-corrected chi connectivity index (χ3v) is 6.61. The first-order valence-electron chi connectivity index (χ1n) is 11.5. The Bertz CT molecular complexity index is 798. The van der Waals surface area contributed by atoms with Gasteiger partial charge in [-0.1, -0.05) is 6.92 Å². The number of carbonyl (C=O) groups is 3. The first-order chi connectivity index (χ1) is 15.1. The molecule has 0 unspecified atom stereocenters. The van der Waals surface area contributed by atoms with Gasteiger partial charge < -0.3 is 19.4 Å². The molecule has 8 heteroatoms. The number of hydrogen-bond donors (Lipinski definition) is 0. The van der Waals surface area contributed by atoms with Gasteiger partial charge in [-0.05, 0) is 31.4 Å². The minimum Gasteiger partial charge on any atom is -0.378 e.